The predicted molar refractivity (Wildman–Crippen MR) is 78.7 cm³/mol. The third-order valence-corrected chi connectivity index (χ3v) is 2.93. The zero-order valence-corrected chi connectivity index (χ0v) is 12.1. The normalized spacial score (nSPS) is 10.3. The topological polar surface area (TPSA) is 56.3 Å². The Morgan fingerprint density at radius 1 is 1.25 bits per heavy atom. The van der Waals surface area contributed by atoms with E-state index in [0.717, 1.165) is 6.42 Å². The Morgan fingerprint density at radius 3 is 2.65 bits per heavy atom. The molecule has 2 rings (SSSR count). The Labute approximate surface area is 122 Å². The van der Waals surface area contributed by atoms with E-state index in [2.05, 4.69) is 15.3 Å². The SMILES string of the molecule is CNc1ncc(Cl)c(Oc2ccc(CCOC)cc2)n1. The lowest BCUT2D eigenvalue weighted by atomic mass is 10.1. The summed E-state index contributed by atoms with van der Waals surface area (Å²) in [5.41, 5.74) is 1.18. The van der Waals surface area contributed by atoms with Crippen LogP contribution < -0.4 is 10.1 Å². The van der Waals surface area contributed by atoms with E-state index in [1.807, 2.05) is 24.3 Å². The number of nitrogens with zero attached hydrogens (tertiary/aromatic N) is 2. The number of ether oxygens (including phenoxy) is 2. The van der Waals surface area contributed by atoms with Gasteiger partial charge in [0, 0.05) is 14.2 Å². The smallest absolute Gasteiger partial charge is 0.243 e. The van der Waals surface area contributed by atoms with Crippen molar-refractivity contribution in [1.29, 1.82) is 0 Å². The monoisotopic (exact) mass is 293 g/mol. The molecule has 0 bridgehead atoms. The molecule has 0 atom stereocenters. The van der Waals surface area contributed by atoms with Crippen LogP contribution >= 0.6 is 11.6 Å². The summed E-state index contributed by atoms with van der Waals surface area (Å²) in [6, 6.07) is 7.73. The molecule has 0 saturated heterocycles. The molecule has 106 valence electrons. The minimum absolute atomic E-state index is 0.329. The lowest BCUT2D eigenvalue weighted by Gasteiger charge is -2.08. The van der Waals surface area contributed by atoms with Gasteiger partial charge in [0.15, 0.2) is 0 Å². The standard InChI is InChI=1S/C14H16ClN3O2/c1-16-14-17-9-12(15)13(18-14)20-11-5-3-10(4-6-11)7-8-19-2/h3-6,9H,7-8H2,1-2H3,(H,16,17,18). The summed E-state index contributed by atoms with van der Waals surface area (Å²) >= 11 is 6.01. The van der Waals surface area contributed by atoms with Crippen LogP contribution in [0.1, 0.15) is 5.56 Å². The molecule has 2 aromatic rings. The van der Waals surface area contributed by atoms with Crippen LogP contribution in [0.5, 0.6) is 11.6 Å². The molecule has 0 radical (unpaired) electrons. The largest absolute Gasteiger partial charge is 0.437 e. The van der Waals surface area contributed by atoms with Crippen molar-refractivity contribution in [3.8, 4) is 11.6 Å². The highest BCUT2D eigenvalue weighted by molar-refractivity contribution is 6.31. The predicted octanol–water partition coefficient (Wildman–Crippen LogP) is 3.15. The Bertz CT molecular complexity index is 561. The number of rotatable bonds is 6. The van der Waals surface area contributed by atoms with Gasteiger partial charge in [-0.25, -0.2) is 4.98 Å². The molecule has 1 heterocycles. The zero-order chi connectivity index (χ0) is 14.4. The highest BCUT2D eigenvalue weighted by Crippen LogP contribution is 2.27. The van der Waals surface area contributed by atoms with Gasteiger partial charge >= 0.3 is 0 Å². The van der Waals surface area contributed by atoms with E-state index in [-0.39, 0.29) is 0 Å². The molecule has 0 aliphatic rings. The summed E-state index contributed by atoms with van der Waals surface area (Å²) in [6.07, 6.45) is 2.37. The van der Waals surface area contributed by atoms with Gasteiger partial charge in [-0.3, -0.25) is 0 Å². The van der Waals surface area contributed by atoms with Crippen molar-refractivity contribution < 1.29 is 9.47 Å². The first kappa shape index (κ1) is 14.6. The molecule has 1 N–H and O–H groups in total. The van der Waals surface area contributed by atoms with E-state index < -0.39 is 0 Å². The first-order chi connectivity index (χ1) is 9.72. The Morgan fingerprint density at radius 2 is 2.00 bits per heavy atom. The third kappa shape index (κ3) is 3.82. The molecule has 6 heteroatoms. The number of hydrogen-bond donors (Lipinski definition) is 1. The summed E-state index contributed by atoms with van der Waals surface area (Å²) in [6.45, 7) is 0.698. The minimum atomic E-state index is 0.329. The molecule has 1 aromatic heterocycles. The number of anilines is 1. The number of hydrogen-bond acceptors (Lipinski definition) is 5. The molecule has 0 fully saturated rings. The highest BCUT2D eigenvalue weighted by Gasteiger charge is 2.07. The van der Waals surface area contributed by atoms with E-state index in [1.54, 1.807) is 14.2 Å². The number of aromatic nitrogens is 2. The summed E-state index contributed by atoms with van der Waals surface area (Å²) < 4.78 is 10.7. The average Bonchev–Trinajstić information content (AvgIpc) is 2.49. The fourth-order valence-corrected chi connectivity index (χ4v) is 1.73. The quantitative estimate of drug-likeness (QED) is 0.886. The number of methoxy groups -OCH3 is 1. The van der Waals surface area contributed by atoms with E-state index in [4.69, 9.17) is 21.1 Å². The summed E-state index contributed by atoms with van der Waals surface area (Å²) in [7, 11) is 3.42. The van der Waals surface area contributed by atoms with Crippen molar-refractivity contribution >= 4 is 17.5 Å². The van der Waals surface area contributed by atoms with Crippen molar-refractivity contribution in [1.82, 2.24) is 9.97 Å². The second kappa shape index (κ2) is 7.07. The fraction of sp³-hybridized carbons (Fsp3) is 0.286. The molecule has 0 aliphatic carbocycles. The van der Waals surface area contributed by atoms with Gasteiger partial charge in [-0.05, 0) is 24.1 Å². The van der Waals surface area contributed by atoms with E-state index in [1.165, 1.54) is 11.8 Å². The zero-order valence-electron chi connectivity index (χ0n) is 11.4. The van der Waals surface area contributed by atoms with Crippen molar-refractivity contribution in [3.63, 3.8) is 0 Å². The maximum Gasteiger partial charge on any atom is 0.243 e. The minimum Gasteiger partial charge on any atom is -0.437 e. The Hall–Kier alpha value is -1.85. The molecule has 20 heavy (non-hydrogen) atoms. The molecule has 0 amide bonds. The molecular weight excluding hydrogens is 278 g/mol. The highest BCUT2D eigenvalue weighted by atomic mass is 35.5. The first-order valence-corrected chi connectivity index (χ1v) is 6.56. The lowest BCUT2D eigenvalue weighted by molar-refractivity contribution is 0.202. The van der Waals surface area contributed by atoms with Gasteiger partial charge in [0.1, 0.15) is 10.8 Å². The average molecular weight is 294 g/mol. The van der Waals surface area contributed by atoms with E-state index >= 15 is 0 Å². The first-order valence-electron chi connectivity index (χ1n) is 6.19. The molecule has 0 unspecified atom stereocenters. The van der Waals surface area contributed by atoms with Gasteiger partial charge in [-0.1, -0.05) is 23.7 Å². The number of halogens is 1. The van der Waals surface area contributed by atoms with Crippen LogP contribution in [-0.2, 0) is 11.2 Å². The molecule has 0 aliphatic heterocycles. The van der Waals surface area contributed by atoms with E-state index in [0.29, 0.717) is 29.2 Å². The summed E-state index contributed by atoms with van der Waals surface area (Å²) in [5.74, 6) is 1.46. The van der Waals surface area contributed by atoms with Crippen LogP contribution in [0.3, 0.4) is 0 Å². The van der Waals surface area contributed by atoms with Crippen LogP contribution in [0.2, 0.25) is 5.02 Å². The summed E-state index contributed by atoms with van der Waals surface area (Å²) in [5, 5.41) is 3.21. The molecule has 5 nitrogen and oxygen atoms in total. The summed E-state index contributed by atoms with van der Waals surface area (Å²) in [4.78, 5) is 8.16. The van der Waals surface area contributed by atoms with Gasteiger partial charge in [-0.15, -0.1) is 0 Å². The van der Waals surface area contributed by atoms with Crippen LogP contribution in [0.25, 0.3) is 0 Å². The molecular formula is C14H16ClN3O2. The van der Waals surface area contributed by atoms with Crippen LogP contribution in [0.4, 0.5) is 5.95 Å². The molecule has 0 saturated carbocycles. The Kier molecular flexibility index (Phi) is 5.15. The number of nitrogens with one attached hydrogen (secondary N) is 1. The second-order valence-electron chi connectivity index (χ2n) is 4.09. The van der Waals surface area contributed by atoms with Gasteiger partial charge in [0.05, 0.1) is 12.8 Å². The van der Waals surface area contributed by atoms with Gasteiger partial charge in [0.2, 0.25) is 11.8 Å². The van der Waals surface area contributed by atoms with E-state index in [9.17, 15) is 0 Å². The van der Waals surface area contributed by atoms with Crippen LogP contribution in [0, 0.1) is 0 Å². The Balaban J connectivity index is 2.09. The van der Waals surface area contributed by atoms with Gasteiger partial charge in [-0.2, -0.15) is 4.98 Å². The molecule has 0 spiro atoms. The lowest BCUT2D eigenvalue weighted by Crippen LogP contribution is -1.98. The van der Waals surface area contributed by atoms with Crippen LogP contribution in [0.15, 0.2) is 30.5 Å². The van der Waals surface area contributed by atoms with Gasteiger partial charge in [0.25, 0.3) is 0 Å². The molecule has 1 aromatic carbocycles. The van der Waals surface area contributed by atoms with Crippen molar-refractivity contribution in [2.75, 3.05) is 26.1 Å². The van der Waals surface area contributed by atoms with Crippen molar-refractivity contribution in [2.24, 2.45) is 0 Å². The second-order valence-corrected chi connectivity index (χ2v) is 4.49. The van der Waals surface area contributed by atoms with Crippen LogP contribution in [-0.4, -0.2) is 30.7 Å². The maximum absolute atomic E-state index is 6.01. The fourth-order valence-electron chi connectivity index (χ4n) is 1.60. The third-order valence-electron chi connectivity index (χ3n) is 2.67. The maximum atomic E-state index is 6.01. The van der Waals surface area contributed by atoms with Gasteiger partial charge < -0.3 is 14.8 Å². The van der Waals surface area contributed by atoms with Crippen molar-refractivity contribution in [2.45, 2.75) is 6.42 Å². The number of benzene rings is 1. The van der Waals surface area contributed by atoms with Crippen molar-refractivity contribution in [3.05, 3.63) is 41.0 Å².